The molecule has 27 heavy (non-hydrogen) atoms. The Morgan fingerprint density at radius 2 is 1.89 bits per heavy atom. The molecule has 0 aliphatic carbocycles. The van der Waals surface area contributed by atoms with Gasteiger partial charge in [-0.1, -0.05) is 27.7 Å². The van der Waals surface area contributed by atoms with Gasteiger partial charge in [-0.15, -0.1) is 0 Å². The minimum atomic E-state index is -3.14. The minimum Gasteiger partial charge on any atom is -0.481 e. The lowest BCUT2D eigenvalue weighted by Gasteiger charge is -2.28. The molecule has 2 aliphatic heterocycles. The Hall–Kier alpha value is -1.39. The van der Waals surface area contributed by atoms with Gasteiger partial charge in [-0.05, 0) is 37.1 Å². The highest BCUT2D eigenvalue weighted by atomic mass is 79.9. The number of aryl methyl sites for hydroxylation is 2. The second kappa shape index (κ2) is 7.56. The molecule has 2 atom stereocenters. The Balaban J connectivity index is 2.02. The van der Waals surface area contributed by atoms with Crippen LogP contribution in [0.5, 0.6) is 0 Å². The second-order valence-electron chi connectivity index (χ2n) is 6.74. The fourth-order valence-corrected chi connectivity index (χ4v) is 8.09. The molecule has 0 aromatic heterocycles. The van der Waals surface area contributed by atoms with E-state index in [1.807, 2.05) is 30.9 Å². The number of aliphatic carboxylic acids is 1. The molecule has 2 heterocycles. The maximum Gasteiger partial charge on any atom is 0.303 e. The lowest BCUT2D eigenvalue weighted by atomic mass is 10.1. The molecular weight excluding hydrogens is 456 g/mol. The van der Waals surface area contributed by atoms with E-state index in [4.69, 9.17) is 5.11 Å². The third-order valence-electron chi connectivity index (χ3n) is 4.54. The van der Waals surface area contributed by atoms with Gasteiger partial charge in [0.05, 0.1) is 24.0 Å². The summed E-state index contributed by atoms with van der Waals surface area (Å²) in [7, 11) is -3.14. The van der Waals surface area contributed by atoms with Gasteiger partial charge >= 0.3 is 5.97 Å². The first kappa shape index (κ1) is 20.3. The standard InChI is InChI=1S/C17H19BrN2O5S2/c1-9-5-11(18)6-10(2)16(9)20-12-7-27(24,25)8-13(12)26-17(20)19-14(21)3-4-15(22)23/h5-6,12-13H,3-4,7-8H2,1-2H3,(H,22,23)/t12-,13-/m1/s1. The summed E-state index contributed by atoms with van der Waals surface area (Å²) in [4.78, 5) is 28.8. The number of anilines is 1. The zero-order valence-corrected chi connectivity index (χ0v) is 18.0. The number of fused-ring (bicyclic) bond motifs is 1. The number of carbonyl (C=O) groups is 2. The molecule has 2 saturated heterocycles. The van der Waals surface area contributed by atoms with Gasteiger partial charge in [0, 0.05) is 21.8 Å². The number of halogens is 1. The Morgan fingerprint density at radius 3 is 2.48 bits per heavy atom. The molecule has 0 spiro atoms. The lowest BCUT2D eigenvalue weighted by Crippen LogP contribution is -2.38. The first-order chi connectivity index (χ1) is 12.6. The van der Waals surface area contributed by atoms with E-state index in [9.17, 15) is 18.0 Å². The van der Waals surface area contributed by atoms with Gasteiger partial charge in [0.2, 0.25) is 5.91 Å². The molecule has 7 nitrogen and oxygen atoms in total. The number of amides is 1. The van der Waals surface area contributed by atoms with Crippen LogP contribution in [0.1, 0.15) is 24.0 Å². The third kappa shape index (κ3) is 4.38. The van der Waals surface area contributed by atoms with Crippen LogP contribution in [0.15, 0.2) is 21.6 Å². The van der Waals surface area contributed by atoms with Crippen LogP contribution in [0, 0.1) is 13.8 Å². The van der Waals surface area contributed by atoms with Gasteiger partial charge < -0.3 is 10.0 Å². The van der Waals surface area contributed by atoms with Crippen molar-refractivity contribution in [2.75, 3.05) is 16.4 Å². The number of rotatable bonds is 4. The Bertz CT molecular complexity index is 922. The Morgan fingerprint density at radius 1 is 1.26 bits per heavy atom. The van der Waals surface area contributed by atoms with Gasteiger partial charge in [-0.3, -0.25) is 9.59 Å². The Kier molecular flexibility index (Phi) is 5.69. The van der Waals surface area contributed by atoms with E-state index in [1.165, 1.54) is 11.8 Å². The summed E-state index contributed by atoms with van der Waals surface area (Å²) in [5.41, 5.74) is 2.73. The van der Waals surface area contributed by atoms with E-state index >= 15 is 0 Å². The number of sulfone groups is 1. The van der Waals surface area contributed by atoms with Crippen molar-refractivity contribution >= 4 is 60.3 Å². The van der Waals surface area contributed by atoms with Gasteiger partial charge in [0.1, 0.15) is 0 Å². The smallest absolute Gasteiger partial charge is 0.303 e. The van der Waals surface area contributed by atoms with Gasteiger partial charge in [0.15, 0.2) is 15.0 Å². The maximum absolute atomic E-state index is 12.1. The van der Waals surface area contributed by atoms with E-state index < -0.39 is 21.7 Å². The minimum absolute atomic E-state index is 0.0158. The quantitative estimate of drug-likeness (QED) is 0.714. The van der Waals surface area contributed by atoms with Gasteiger partial charge in [0.25, 0.3) is 0 Å². The number of aliphatic imine (C=N–C) groups is 1. The fraction of sp³-hybridized carbons (Fsp3) is 0.471. The molecule has 1 aromatic rings. The third-order valence-corrected chi connectivity index (χ3v) is 8.20. The van der Waals surface area contributed by atoms with Crippen LogP contribution in [0.2, 0.25) is 0 Å². The zero-order valence-electron chi connectivity index (χ0n) is 14.8. The van der Waals surface area contributed by atoms with Crippen molar-refractivity contribution in [3.05, 3.63) is 27.7 Å². The highest BCUT2D eigenvalue weighted by molar-refractivity contribution is 9.10. The van der Waals surface area contributed by atoms with Crippen molar-refractivity contribution in [3.63, 3.8) is 0 Å². The number of benzene rings is 1. The van der Waals surface area contributed by atoms with Gasteiger partial charge in [-0.2, -0.15) is 4.99 Å². The lowest BCUT2D eigenvalue weighted by molar-refractivity contribution is -0.138. The summed E-state index contributed by atoms with van der Waals surface area (Å²) in [5, 5.41) is 9.01. The normalized spacial score (nSPS) is 25.0. The molecule has 1 aromatic carbocycles. The van der Waals surface area contributed by atoms with Crippen LogP contribution in [-0.2, 0) is 19.4 Å². The predicted molar refractivity (Wildman–Crippen MR) is 109 cm³/mol. The molecule has 1 N–H and O–H groups in total. The van der Waals surface area contributed by atoms with E-state index in [0.29, 0.717) is 5.17 Å². The van der Waals surface area contributed by atoms with Crippen LogP contribution in [0.3, 0.4) is 0 Å². The highest BCUT2D eigenvalue weighted by Crippen LogP contribution is 2.43. The molecule has 2 fully saturated rings. The summed E-state index contributed by atoms with van der Waals surface area (Å²) < 4.78 is 25.2. The molecule has 2 aliphatic rings. The SMILES string of the molecule is Cc1cc(Br)cc(C)c1N1C(=NC(=O)CCC(=O)O)S[C@@H]2CS(=O)(=O)C[C@H]21. The summed E-state index contributed by atoms with van der Waals surface area (Å²) >= 11 is 4.75. The zero-order chi connectivity index (χ0) is 19.9. The number of thioether (sulfide) groups is 1. The summed E-state index contributed by atoms with van der Waals surface area (Å²) in [6, 6.07) is 3.59. The van der Waals surface area contributed by atoms with E-state index in [1.54, 1.807) is 0 Å². The maximum atomic E-state index is 12.1. The monoisotopic (exact) mass is 474 g/mol. The molecule has 0 saturated carbocycles. The number of carbonyl (C=O) groups excluding carboxylic acids is 1. The molecule has 3 rings (SSSR count). The molecule has 0 radical (unpaired) electrons. The summed E-state index contributed by atoms with van der Waals surface area (Å²) in [6.07, 6.45) is -0.461. The number of amidine groups is 1. The van der Waals surface area contributed by atoms with E-state index in [2.05, 4.69) is 20.9 Å². The van der Waals surface area contributed by atoms with Crippen molar-refractivity contribution in [3.8, 4) is 0 Å². The van der Waals surface area contributed by atoms with Crippen molar-refractivity contribution in [2.45, 2.75) is 38.0 Å². The predicted octanol–water partition coefficient (Wildman–Crippen LogP) is 2.53. The van der Waals surface area contributed by atoms with E-state index in [-0.39, 0.29) is 35.6 Å². The average Bonchev–Trinajstić information content (AvgIpc) is 2.97. The van der Waals surface area contributed by atoms with Crippen LogP contribution in [0.4, 0.5) is 5.69 Å². The van der Waals surface area contributed by atoms with Crippen LogP contribution < -0.4 is 4.90 Å². The van der Waals surface area contributed by atoms with Crippen molar-refractivity contribution < 1.29 is 23.1 Å². The molecule has 0 bridgehead atoms. The van der Waals surface area contributed by atoms with Crippen LogP contribution in [0.25, 0.3) is 0 Å². The summed E-state index contributed by atoms with van der Waals surface area (Å²) in [6.45, 7) is 3.86. The molecular formula is C17H19BrN2O5S2. The molecule has 1 amide bonds. The van der Waals surface area contributed by atoms with Crippen LogP contribution >= 0.6 is 27.7 Å². The topological polar surface area (TPSA) is 104 Å². The molecule has 10 heteroatoms. The van der Waals surface area contributed by atoms with Gasteiger partial charge in [-0.25, -0.2) is 8.42 Å². The highest BCUT2D eigenvalue weighted by Gasteiger charge is 2.50. The number of nitrogens with zero attached hydrogens (tertiary/aromatic N) is 2. The van der Waals surface area contributed by atoms with Crippen molar-refractivity contribution in [2.24, 2.45) is 4.99 Å². The first-order valence-corrected chi connectivity index (χ1v) is 11.8. The van der Waals surface area contributed by atoms with E-state index in [0.717, 1.165) is 21.3 Å². The first-order valence-electron chi connectivity index (χ1n) is 8.34. The van der Waals surface area contributed by atoms with Crippen LogP contribution in [-0.4, -0.2) is 53.4 Å². The molecule has 0 unspecified atom stereocenters. The Labute approximate surface area is 170 Å². The average molecular weight is 475 g/mol. The fourth-order valence-electron chi connectivity index (χ4n) is 3.49. The summed E-state index contributed by atoms with van der Waals surface area (Å²) in [5.74, 6) is -1.50. The molecule has 146 valence electrons. The van der Waals surface area contributed by atoms with Crippen molar-refractivity contribution in [1.29, 1.82) is 0 Å². The number of hydrogen-bond donors (Lipinski definition) is 1. The second-order valence-corrected chi connectivity index (χ2v) is 11.0. The van der Waals surface area contributed by atoms with Crippen molar-refractivity contribution in [1.82, 2.24) is 0 Å². The number of carboxylic acid groups (broad SMARTS) is 1. The largest absolute Gasteiger partial charge is 0.481 e. The number of hydrogen-bond acceptors (Lipinski definition) is 5. The number of carboxylic acids is 1.